The Morgan fingerprint density at radius 3 is 1.48 bits per heavy atom. The van der Waals surface area contributed by atoms with Crippen LogP contribution in [-0.2, 0) is 0 Å². The summed E-state index contributed by atoms with van der Waals surface area (Å²) in [5, 5.41) is -0.0720. The normalized spacial score (nSPS) is 14.2. The maximum Gasteiger partial charge on any atom is 0.0835 e. The molecule has 21 heavy (non-hydrogen) atoms. The van der Waals surface area contributed by atoms with Crippen LogP contribution in [0, 0.1) is 0 Å². The molecule has 2 unspecified atom stereocenters. The van der Waals surface area contributed by atoms with Crippen molar-refractivity contribution in [3.05, 3.63) is 70.8 Å². The number of rotatable bonds is 5. The minimum Gasteiger partial charge on any atom is -0.113 e. The molecule has 0 aliphatic rings. The van der Waals surface area contributed by atoms with Gasteiger partial charge in [0.15, 0.2) is 0 Å². The molecule has 0 aliphatic heterocycles. The molecule has 0 nitrogen and oxygen atoms in total. The van der Waals surface area contributed by atoms with E-state index < -0.39 is 0 Å². The molecule has 2 aromatic carbocycles. The quantitative estimate of drug-likeness (QED) is 0.542. The van der Waals surface area contributed by atoms with Crippen molar-refractivity contribution in [3.63, 3.8) is 0 Å². The van der Waals surface area contributed by atoms with Gasteiger partial charge in [0, 0.05) is 0 Å². The Bertz CT molecular complexity index is 551. The minimum atomic E-state index is -0.0720. The fourth-order valence-corrected chi connectivity index (χ4v) is 2.76. The van der Waals surface area contributed by atoms with Gasteiger partial charge in [-0.1, -0.05) is 76.2 Å². The highest BCUT2D eigenvalue weighted by molar-refractivity contribution is 6.22. The Morgan fingerprint density at radius 1 is 0.714 bits per heavy atom. The summed E-state index contributed by atoms with van der Waals surface area (Å²) in [6.45, 7) is 8.90. The van der Waals surface area contributed by atoms with E-state index in [4.69, 9.17) is 11.6 Å². The summed E-state index contributed by atoms with van der Waals surface area (Å²) in [5.41, 5.74) is 5.08. The van der Waals surface area contributed by atoms with Gasteiger partial charge in [-0.3, -0.25) is 0 Å². The lowest BCUT2D eigenvalue weighted by Crippen LogP contribution is -1.96. The highest BCUT2D eigenvalue weighted by Crippen LogP contribution is 2.31. The number of alkyl halides is 1. The summed E-state index contributed by atoms with van der Waals surface area (Å²) in [4.78, 5) is 0. The molecule has 2 rings (SSSR count). The van der Waals surface area contributed by atoms with Gasteiger partial charge in [-0.15, -0.1) is 11.6 Å². The molecule has 2 aromatic rings. The number of hydrogen-bond acceptors (Lipinski definition) is 0. The van der Waals surface area contributed by atoms with Crippen LogP contribution in [0.5, 0.6) is 0 Å². The van der Waals surface area contributed by atoms with Crippen LogP contribution in [0.2, 0.25) is 0 Å². The van der Waals surface area contributed by atoms with Gasteiger partial charge >= 0.3 is 0 Å². The van der Waals surface area contributed by atoms with E-state index in [-0.39, 0.29) is 5.38 Å². The van der Waals surface area contributed by atoms with E-state index in [0.717, 1.165) is 5.56 Å². The summed E-state index contributed by atoms with van der Waals surface area (Å²) >= 11 is 6.63. The second-order valence-corrected chi connectivity index (χ2v) is 6.60. The zero-order valence-corrected chi connectivity index (χ0v) is 14.2. The van der Waals surface area contributed by atoms with Crippen LogP contribution in [0.15, 0.2) is 48.5 Å². The maximum absolute atomic E-state index is 6.63. The monoisotopic (exact) mass is 300 g/mol. The molecule has 2 atom stereocenters. The van der Waals surface area contributed by atoms with Crippen LogP contribution in [0.3, 0.4) is 0 Å². The van der Waals surface area contributed by atoms with Gasteiger partial charge in [0.2, 0.25) is 0 Å². The number of benzene rings is 2. The predicted molar refractivity (Wildman–Crippen MR) is 93.4 cm³/mol. The smallest absolute Gasteiger partial charge is 0.0835 e. The molecule has 0 aromatic heterocycles. The molecular weight excluding hydrogens is 276 g/mol. The van der Waals surface area contributed by atoms with Gasteiger partial charge in [-0.05, 0) is 40.5 Å². The van der Waals surface area contributed by atoms with Gasteiger partial charge in [0.25, 0.3) is 0 Å². The lowest BCUT2D eigenvalue weighted by Gasteiger charge is -2.14. The van der Waals surface area contributed by atoms with Gasteiger partial charge in [0.05, 0.1) is 5.38 Å². The maximum atomic E-state index is 6.63. The van der Waals surface area contributed by atoms with Crippen molar-refractivity contribution in [2.75, 3.05) is 0 Å². The van der Waals surface area contributed by atoms with Gasteiger partial charge < -0.3 is 0 Å². The van der Waals surface area contributed by atoms with Crippen molar-refractivity contribution >= 4 is 11.6 Å². The molecule has 0 amide bonds. The lowest BCUT2D eigenvalue weighted by molar-refractivity contribution is 0.733. The van der Waals surface area contributed by atoms with Crippen LogP contribution >= 0.6 is 11.6 Å². The Morgan fingerprint density at radius 2 is 1.10 bits per heavy atom. The van der Waals surface area contributed by atoms with Gasteiger partial charge in [0.1, 0.15) is 0 Å². The van der Waals surface area contributed by atoms with Crippen LogP contribution in [0.25, 0.3) is 0 Å². The average molecular weight is 301 g/mol. The summed E-state index contributed by atoms with van der Waals surface area (Å²) in [6.07, 6.45) is 1.17. The largest absolute Gasteiger partial charge is 0.113 e. The fourth-order valence-electron chi connectivity index (χ4n) is 2.47. The molecule has 0 radical (unpaired) electrons. The predicted octanol–water partition coefficient (Wildman–Crippen LogP) is 6.65. The molecular formula is C20H25Cl. The molecule has 0 N–H and O–H groups in total. The van der Waals surface area contributed by atoms with Crippen molar-refractivity contribution in [3.8, 4) is 0 Å². The Hall–Kier alpha value is -1.27. The summed E-state index contributed by atoms with van der Waals surface area (Å²) in [6, 6.07) is 17.4. The highest BCUT2D eigenvalue weighted by Gasteiger charge is 2.12. The topological polar surface area (TPSA) is 0 Å². The van der Waals surface area contributed by atoms with Crippen molar-refractivity contribution in [2.24, 2.45) is 0 Å². The Labute approximate surface area is 134 Å². The first-order valence-corrected chi connectivity index (χ1v) is 8.30. The van der Waals surface area contributed by atoms with E-state index in [1.165, 1.54) is 23.1 Å². The molecule has 0 aliphatic carbocycles. The third-order valence-corrected chi connectivity index (χ3v) is 4.81. The van der Waals surface area contributed by atoms with Crippen LogP contribution in [0.4, 0.5) is 0 Å². The lowest BCUT2D eigenvalue weighted by atomic mass is 9.95. The SMILES string of the molecule is CCC(C)c1ccc(C(Cl)c2ccc(C(C)C)cc2)cc1. The zero-order chi connectivity index (χ0) is 15.4. The molecule has 0 heterocycles. The van der Waals surface area contributed by atoms with E-state index in [9.17, 15) is 0 Å². The zero-order valence-electron chi connectivity index (χ0n) is 13.4. The first-order valence-electron chi connectivity index (χ1n) is 7.86. The molecule has 1 heteroatoms. The molecule has 112 valence electrons. The first kappa shape index (κ1) is 16.1. The standard InChI is InChI=1S/C20H25Cl/c1-5-15(4)17-8-12-19(13-9-17)20(21)18-10-6-16(7-11-18)14(2)3/h6-15,20H,5H2,1-4H3. The van der Waals surface area contributed by atoms with Crippen LogP contribution in [-0.4, -0.2) is 0 Å². The third kappa shape index (κ3) is 3.89. The van der Waals surface area contributed by atoms with Crippen molar-refractivity contribution in [1.82, 2.24) is 0 Å². The van der Waals surface area contributed by atoms with Crippen LogP contribution in [0.1, 0.15) is 73.6 Å². The Kier molecular flexibility index (Phi) is 5.47. The summed E-state index contributed by atoms with van der Waals surface area (Å²) < 4.78 is 0. The molecule has 0 bridgehead atoms. The second-order valence-electron chi connectivity index (χ2n) is 6.16. The fraction of sp³-hybridized carbons (Fsp3) is 0.400. The second kappa shape index (κ2) is 7.13. The van der Waals surface area contributed by atoms with E-state index in [2.05, 4.69) is 76.2 Å². The summed E-state index contributed by atoms with van der Waals surface area (Å²) in [7, 11) is 0. The van der Waals surface area contributed by atoms with Crippen molar-refractivity contribution in [1.29, 1.82) is 0 Å². The first-order chi connectivity index (χ1) is 10.0. The average Bonchev–Trinajstić information content (AvgIpc) is 2.53. The minimum absolute atomic E-state index is 0.0720. The van der Waals surface area contributed by atoms with Gasteiger partial charge in [-0.2, -0.15) is 0 Å². The van der Waals surface area contributed by atoms with Crippen LogP contribution < -0.4 is 0 Å². The molecule has 0 spiro atoms. The molecule has 0 saturated heterocycles. The number of halogens is 1. The molecule has 0 fully saturated rings. The Balaban J connectivity index is 2.17. The number of hydrogen-bond donors (Lipinski definition) is 0. The summed E-state index contributed by atoms with van der Waals surface area (Å²) in [5.74, 6) is 1.17. The highest BCUT2D eigenvalue weighted by atomic mass is 35.5. The van der Waals surface area contributed by atoms with E-state index in [1.54, 1.807) is 0 Å². The third-order valence-electron chi connectivity index (χ3n) is 4.31. The molecule has 0 saturated carbocycles. The van der Waals surface area contributed by atoms with Crippen molar-refractivity contribution in [2.45, 2.75) is 51.3 Å². The van der Waals surface area contributed by atoms with E-state index in [0.29, 0.717) is 11.8 Å². The van der Waals surface area contributed by atoms with E-state index >= 15 is 0 Å². The van der Waals surface area contributed by atoms with Crippen molar-refractivity contribution < 1.29 is 0 Å². The van der Waals surface area contributed by atoms with E-state index in [1.807, 2.05) is 0 Å². The van der Waals surface area contributed by atoms with Gasteiger partial charge in [-0.25, -0.2) is 0 Å².